The molecule has 1 aliphatic carbocycles. The summed E-state index contributed by atoms with van der Waals surface area (Å²) in [5.74, 6) is 0.226. The normalized spacial score (nSPS) is 15.4. The smallest absolute Gasteiger partial charge is 0.227 e. The molecular formula is C11H13NOS. The Bertz CT molecular complexity index is 326. The van der Waals surface area contributed by atoms with Crippen LogP contribution in [0.5, 0.6) is 0 Å². The average Bonchev–Trinajstić information content (AvgIpc) is 2.57. The molecule has 1 aliphatic rings. The highest BCUT2D eigenvalue weighted by atomic mass is 32.2. The molecule has 2 rings (SSSR count). The van der Waals surface area contributed by atoms with Gasteiger partial charge in [-0.3, -0.25) is 4.79 Å². The van der Waals surface area contributed by atoms with E-state index in [0.29, 0.717) is 11.0 Å². The van der Waals surface area contributed by atoms with Crippen molar-refractivity contribution in [3.63, 3.8) is 0 Å². The first-order valence-electron chi connectivity index (χ1n) is 4.72. The van der Waals surface area contributed by atoms with Crippen LogP contribution < -0.4 is 5.73 Å². The molecule has 2 nitrogen and oxygen atoms in total. The highest BCUT2D eigenvalue weighted by molar-refractivity contribution is 8.00. The number of hydrogen-bond donors (Lipinski definition) is 1. The van der Waals surface area contributed by atoms with Crippen LogP contribution in [0.15, 0.2) is 24.3 Å². The molecule has 0 saturated heterocycles. The molecule has 0 aromatic heterocycles. The van der Waals surface area contributed by atoms with Crippen molar-refractivity contribution in [2.24, 2.45) is 5.73 Å². The topological polar surface area (TPSA) is 43.1 Å². The Morgan fingerprint density at radius 1 is 1.36 bits per heavy atom. The summed E-state index contributed by atoms with van der Waals surface area (Å²) in [4.78, 5) is 10.6. The van der Waals surface area contributed by atoms with Crippen LogP contribution in [0, 0.1) is 0 Å². The summed E-state index contributed by atoms with van der Waals surface area (Å²) in [6.45, 7) is 0. The fourth-order valence-corrected chi connectivity index (χ4v) is 2.83. The van der Waals surface area contributed by atoms with Crippen molar-refractivity contribution in [1.82, 2.24) is 0 Å². The van der Waals surface area contributed by atoms with Crippen LogP contribution in [0.1, 0.15) is 11.1 Å². The van der Waals surface area contributed by atoms with Gasteiger partial charge in [-0.05, 0) is 24.0 Å². The summed E-state index contributed by atoms with van der Waals surface area (Å²) in [6.07, 6.45) is 2.15. The number of benzene rings is 1. The molecule has 14 heavy (non-hydrogen) atoms. The van der Waals surface area contributed by atoms with Crippen LogP contribution in [0.25, 0.3) is 0 Å². The third-order valence-electron chi connectivity index (χ3n) is 2.47. The van der Waals surface area contributed by atoms with Crippen molar-refractivity contribution in [1.29, 1.82) is 0 Å². The first-order valence-corrected chi connectivity index (χ1v) is 5.77. The third kappa shape index (κ3) is 2.10. The van der Waals surface area contributed by atoms with Crippen molar-refractivity contribution in [2.75, 3.05) is 5.75 Å². The van der Waals surface area contributed by atoms with Crippen LogP contribution in [0.2, 0.25) is 0 Å². The molecule has 0 bridgehead atoms. The predicted octanol–water partition coefficient (Wildman–Crippen LogP) is 1.37. The Morgan fingerprint density at radius 3 is 2.43 bits per heavy atom. The summed E-state index contributed by atoms with van der Waals surface area (Å²) < 4.78 is 0. The highest BCUT2D eigenvalue weighted by Gasteiger charge is 2.21. The Labute approximate surface area is 87.9 Å². The summed E-state index contributed by atoms with van der Waals surface area (Å²) in [7, 11) is 0. The average molecular weight is 207 g/mol. The van der Waals surface area contributed by atoms with E-state index in [1.54, 1.807) is 11.8 Å². The first kappa shape index (κ1) is 9.59. The van der Waals surface area contributed by atoms with Gasteiger partial charge in [0.25, 0.3) is 0 Å². The molecule has 1 amide bonds. The Kier molecular flexibility index (Phi) is 2.77. The Morgan fingerprint density at radius 2 is 1.93 bits per heavy atom. The minimum absolute atomic E-state index is 0.217. The van der Waals surface area contributed by atoms with Crippen LogP contribution in [0.3, 0.4) is 0 Å². The summed E-state index contributed by atoms with van der Waals surface area (Å²) >= 11 is 1.67. The SMILES string of the molecule is NC(=O)CSC1Cc2ccccc2C1. The second-order valence-corrected chi connectivity index (χ2v) is 4.86. The molecule has 74 valence electrons. The van der Waals surface area contributed by atoms with Gasteiger partial charge >= 0.3 is 0 Å². The van der Waals surface area contributed by atoms with Gasteiger partial charge in [0, 0.05) is 5.25 Å². The maximum Gasteiger partial charge on any atom is 0.227 e. The van der Waals surface area contributed by atoms with Crippen LogP contribution >= 0.6 is 11.8 Å². The summed E-state index contributed by atoms with van der Waals surface area (Å²) in [5, 5.41) is 0.542. The van der Waals surface area contributed by atoms with Crippen molar-refractivity contribution >= 4 is 17.7 Å². The number of fused-ring (bicyclic) bond motifs is 1. The lowest BCUT2D eigenvalue weighted by atomic mass is 10.1. The summed E-state index contributed by atoms with van der Waals surface area (Å²) in [5.41, 5.74) is 7.97. The number of carbonyl (C=O) groups excluding carboxylic acids is 1. The molecule has 2 N–H and O–H groups in total. The fraction of sp³-hybridized carbons (Fsp3) is 0.364. The lowest BCUT2D eigenvalue weighted by Crippen LogP contribution is -2.16. The molecule has 3 heteroatoms. The molecule has 1 aromatic rings. The van der Waals surface area contributed by atoms with Gasteiger partial charge in [-0.1, -0.05) is 24.3 Å². The van der Waals surface area contributed by atoms with E-state index in [1.807, 2.05) is 0 Å². The van der Waals surface area contributed by atoms with E-state index < -0.39 is 0 Å². The number of hydrogen-bond acceptors (Lipinski definition) is 2. The molecule has 0 unspecified atom stereocenters. The number of carbonyl (C=O) groups is 1. The first-order chi connectivity index (χ1) is 6.75. The quantitative estimate of drug-likeness (QED) is 0.813. The predicted molar refractivity (Wildman–Crippen MR) is 59.3 cm³/mol. The molecule has 1 aromatic carbocycles. The Hall–Kier alpha value is -0.960. The van der Waals surface area contributed by atoms with Gasteiger partial charge in [-0.25, -0.2) is 0 Å². The zero-order valence-electron chi connectivity index (χ0n) is 7.90. The minimum Gasteiger partial charge on any atom is -0.369 e. The number of primary amides is 1. The molecule has 0 fully saturated rings. The molecule has 0 spiro atoms. The van der Waals surface area contributed by atoms with Gasteiger partial charge in [0.15, 0.2) is 0 Å². The van der Waals surface area contributed by atoms with E-state index in [-0.39, 0.29) is 5.91 Å². The fourth-order valence-electron chi connectivity index (χ4n) is 1.84. The van der Waals surface area contributed by atoms with Gasteiger partial charge in [-0.2, -0.15) is 0 Å². The molecule has 0 heterocycles. The van der Waals surface area contributed by atoms with Crippen molar-refractivity contribution in [3.05, 3.63) is 35.4 Å². The number of thioether (sulfide) groups is 1. The molecule has 0 atom stereocenters. The van der Waals surface area contributed by atoms with Gasteiger partial charge in [0.2, 0.25) is 5.91 Å². The van der Waals surface area contributed by atoms with E-state index in [9.17, 15) is 4.79 Å². The lowest BCUT2D eigenvalue weighted by Gasteiger charge is -2.05. The largest absolute Gasteiger partial charge is 0.369 e. The maximum absolute atomic E-state index is 10.6. The van der Waals surface area contributed by atoms with Gasteiger partial charge in [-0.15, -0.1) is 11.8 Å². The number of rotatable bonds is 3. The van der Waals surface area contributed by atoms with E-state index in [2.05, 4.69) is 24.3 Å². The second-order valence-electron chi connectivity index (χ2n) is 3.58. The maximum atomic E-state index is 10.6. The van der Waals surface area contributed by atoms with Crippen LogP contribution in [-0.2, 0) is 17.6 Å². The second kappa shape index (κ2) is 4.05. The number of nitrogens with two attached hydrogens (primary N) is 1. The summed E-state index contributed by atoms with van der Waals surface area (Å²) in [6, 6.07) is 8.47. The minimum atomic E-state index is -0.217. The van der Waals surface area contributed by atoms with E-state index in [0.717, 1.165) is 12.8 Å². The monoisotopic (exact) mass is 207 g/mol. The van der Waals surface area contributed by atoms with E-state index >= 15 is 0 Å². The standard InChI is InChI=1S/C11H13NOS/c12-11(13)7-14-10-5-8-3-1-2-4-9(8)6-10/h1-4,10H,5-7H2,(H2,12,13). The third-order valence-corrected chi connectivity index (χ3v) is 3.73. The van der Waals surface area contributed by atoms with Crippen molar-refractivity contribution in [2.45, 2.75) is 18.1 Å². The van der Waals surface area contributed by atoms with Crippen LogP contribution in [-0.4, -0.2) is 16.9 Å². The zero-order valence-corrected chi connectivity index (χ0v) is 8.72. The zero-order chi connectivity index (χ0) is 9.97. The van der Waals surface area contributed by atoms with Crippen molar-refractivity contribution < 1.29 is 4.79 Å². The van der Waals surface area contributed by atoms with Gasteiger partial charge in [0.1, 0.15) is 0 Å². The highest BCUT2D eigenvalue weighted by Crippen LogP contribution is 2.29. The molecule has 0 radical (unpaired) electrons. The van der Waals surface area contributed by atoms with Crippen molar-refractivity contribution in [3.8, 4) is 0 Å². The molecular weight excluding hydrogens is 194 g/mol. The van der Waals surface area contributed by atoms with E-state index in [4.69, 9.17) is 5.73 Å². The van der Waals surface area contributed by atoms with Gasteiger partial charge in [0.05, 0.1) is 5.75 Å². The van der Waals surface area contributed by atoms with Crippen LogP contribution in [0.4, 0.5) is 0 Å². The lowest BCUT2D eigenvalue weighted by molar-refractivity contribution is -0.115. The van der Waals surface area contributed by atoms with E-state index in [1.165, 1.54) is 11.1 Å². The molecule has 0 aliphatic heterocycles. The Balaban J connectivity index is 1.95. The number of amides is 1. The molecule has 0 saturated carbocycles. The van der Waals surface area contributed by atoms with Gasteiger partial charge < -0.3 is 5.73 Å².